The van der Waals surface area contributed by atoms with Crippen LogP contribution in [0, 0.1) is 0 Å². The Balaban J connectivity index is 2.18. The number of nitrogens with two attached hydrogens (primary N) is 1. The number of fused-ring (bicyclic) bond motifs is 1. The summed E-state index contributed by atoms with van der Waals surface area (Å²) in [5.41, 5.74) is 8.17. The molecule has 0 saturated carbocycles. The molecule has 0 aliphatic heterocycles. The van der Waals surface area contributed by atoms with E-state index < -0.39 is 0 Å². The summed E-state index contributed by atoms with van der Waals surface area (Å²) in [5.74, 6) is 0. The summed E-state index contributed by atoms with van der Waals surface area (Å²) in [6.07, 6.45) is 2.39. The SMILES string of the molecule is CC(C)OCCn1ccc2c(CN)cccc21. The lowest BCUT2D eigenvalue weighted by Gasteiger charge is -2.09. The van der Waals surface area contributed by atoms with Crippen molar-refractivity contribution in [2.45, 2.75) is 33.0 Å². The van der Waals surface area contributed by atoms with Crippen molar-refractivity contribution in [2.75, 3.05) is 6.61 Å². The average Bonchev–Trinajstić information content (AvgIpc) is 2.72. The Morgan fingerprint density at radius 3 is 2.82 bits per heavy atom. The molecule has 0 radical (unpaired) electrons. The van der Waals surface area contributed by atoms with Crippen LogP contribution in [0.1, 0.15) is 19.4 Å². The molecule has 0 aliphatic rings. The molecule has 0 amide bonds. The van der Waals surface area contributed by atoms with E-state index in [0.717, 1.165) is 13.2 Å². The fourth-order valence-corrected chi connectivity index (χ4v) is 2.05. The number of nitrogens with zero attached hydrogens (tertiary/aromatic N) is 1. The zero-order valence-corrected chi connectivity index (χ0v) is 10.5. The van der Waals surface area contributed by atoms with Crippen molar-refractivity contribution in [3.63, 3.8) is 0 Å². The Kier molecular flexibility index (Phi) is 3.82. The van der Waals surface area contributed by atoms with Gasteiger partial charge in [-0.1, -0.05) is 12.1 Å². The van der Waals surface area contributed by atoms with Crippen LogP contribution < -0.4 is 5.73 Å². The first-order valence-corrected chi connectivity index (χ1v) is 6.10. The maximum Gasteiger partial charge on any atom is 0.0649 e. The Labute approximate surface area is 102 Å². The van der Waals surface area contributed by atoms with E-state index in [1.165, 1.54) is 16.5 Å². The van der Waals surface area contributed by atoms with E-state index in [-0.39, 0.29) is 6.10 Å². The summed E-state index contributed by atoms with van der Waals surface area (Å²) in [4.78, 5) is 0. The van der Waals surface area contributed by atoms with E-state index in [2.05, 4.69) is 48.9 Å². The molecule has 0 aliphatic carbocycles. The highest BCUT2D eigenvalue weighted by Crippen LogP contribution is 2.19. The molecule has 0 saturated heterocycles. The highest BCUT2D eigenvalue weighted by atomic mass is 16.5. The molecule has 92 valence electrons. The molecule has 0 atom stereocenters. The van der Waals surface area contributed by atoms with Crippen molar-refractivity contribution < 1.29 is 4.74 Å². The predicted molar refractivity (Wildman–Crippen MR) is 70.9 cm³/mol. The summed E-state index contributed by atoms with van der Waals surface area (Å²) < 4.78 is 7.79. The second-order valence-electron chi connectivity index (χ2n) is 4.48. The predicted octanol–water partition coefficient (Wildman–Crippen LogP) is 2.53. The number of rotatable bonds is 5. The zero-order valence-electron chi connectivity index (χ0n) is 10.5. The molecule has 17 heavy (non-hydrogen) atoms. The van der Waals surface area contributed by atoms with Gasteiger partial charge in [0.1, 0.15) is 0 Å². The molecule has 1 aromatic carbocycles. The molecule has 1 heterocycles. The minimum Gasteiger partial charge on any atom is -0.377 e. The lowest BCUT2D eigenvalue weighted by molar-refractivity contribution is 0.0733. The lowest BCUT2D eigenvalue weighted by atomic mass is 10.1. The van der Waals surface area contributed by atoms with Gasteiger partial charge in [-0.2, -0.15) is 0 Å². The Hall–Kier alpha value is -1.32. The van der Waals surface area contributed by atoms with E-state index in [1.54, 1.807) is 0 Å². The van der Waals surface area contributed by atoms with E-state index in [0.29, 0.717) is 6.54 Å². The van der Waals surface area contributed by atoms with Crippen molar-refractivity contribution in [3.8, 4) is 0 Å². The number of ether oxygens (including phenoxy) is 1. The van der Waals surface area contributed by atoms with E-state index >= 15 is 0 Å². The number of aromatic nitrogens is 1. The van der Waals surface area contributed by atoms with Crippen LogP contribution >= 0.6 is 0 Å². The van der Waals surface area contributed by atoms with Crippen molar-refractivity contribution in [1.82, 2.24) is 4.57 Å². The Morgan fingerprint density at radius 1 is 1.29 bits per heavy atom. The molecule has 0 fully saturated rings. The molecular formula is C14H20N2O. The highest BCUT2D eigenvalue weighted by molar-refractivity contribution is 5.83. The molecule has 2 rings (SSSR count). The van der Waals surface area contributed by atoms with Gasteiger partial charge in [-0.25, -0.2) is 0 Å². The smallest absolute Gasteiger partial charge is 0.0649 e. The monoisotopic (exact) mass is 232 g/mol. The topological polar surface area (TPSA) is 40.2 Å². The van der Waals surface area contributed by atoms with E-state index in [4.69, 9.17) is 10.5 Å². The van der Waals surface area contributed by atoms with Crippen LogP contribution in [0.3, 0.4) is 0 Å². The average molecular weight is 232 g/mol. The van der Waals surface area contributed by atoms with Gasteiger partial charge in [0, 0.05) is 30.2 Å². The first kappa shape index (κ1) is 12.1. The fraction of sp³-hybridized carbons (Fsp3) is 0.429. The quantitative estimate of drug-likeness (QED) is 0.860. The standard InChI is InChI=1S/C14H20N2O/c1-11(2)17-9-8-16-7-6-13-12(10-15)4-3-5-14(13)16/h3-7,11H,8-10,15H2,1-2H3. The molecule has 0 bridgehead atoms. The van der Waals surface area contributed by atoms with Crippen molar-refractivity contribution in [2.24, 2.45) is 5.73 Å². The van der Waals surface area contributed by atoms with Gasteiger partial charge in [-0.3, -0.25) is 0 Å². The zero-order chi connectivity index (χ0) is 12.3. The van der Waals surface area contributed by atoms with Crippen LogP contribution in [-0.4, -0.2) is 17.3 Å². The molecular weight excluding hydrogens is 212 g/mol. The van der Waals surface area contributed by atoms with Crippen LogP contribution in [0.5, 0.6) is 0 Å². The van der Waals surface area contributed by atoms with Gasteiger partial charge in [-0.15, -0.1) is 0 Å². The van der Waals surface area contributed by atoms with Gasteiger partial charge in [-0.05, 0) is 31.5 Å². The van der Waals surface area contributed by atoms with Crippen molar-refractivity contribution >= 4 is 10.9 Å². The molecule has 0 spiro atoms. The van der Waals surface area contributed by atoms with Gasteiger partial charge in [0.2, 0.25) is 0 Å². The Morgan fingerprint density at radius 2 is 2.12 bits per heavy atom. The number of benzene rings is 1. The largest absolute Gasteiger partial charge is 0.377 e. The highest BCUT2D eigenvalue weighted by Gasteiger charge is 2.04. The Bertz CT molecular complexity index is 488. The third-order valence-corrected chi connectivity index (χ3v) is 2.91. The third-order valence-electron chi connectivity index (χ3n) is 2.91. The molecule has 3 nitrogen and oxygen atoms in total. The fourth-order valence-electron chi connectivity index (χ4n) is 2.05. The van der Waals surface area contributed by atoms with Gasteiger partial charge in [0.15, 0.2) is 0 Å². The van der Waals surface area contributed by atoms with E-state index in [9.17, 15) is 0 Å². The summed E-state index contributed by atoms with van der Waals surface area (Å²) >= 11 is 0. The molecule has 0 unspecified atom stereocenters. The van der Waals surface area contributed by atoms with Crippen LogP contribution in [0.2, 0.25) is 0 Å². The summed E-state index contributed by atoms with van der Waals surface area (Å²) in [6, 6.07) is 8.40. The molecule has 1 aromatic heterocycles. The van der Waals surface area contributed by atoms with Crippen LogP contribution in [0.4, 0.5) is 0 Å². The van der Waals surface area contributed by atoms with Gasteiger partial charge < -0.3 is 15.0 Å². The number of hydrogen-bond donors (Lipinski definition) is 1. The minimum absolute atomic E-state index is 0.288. The third kappa shape index (κ3) is 2.68. The van der Waals surface area contributed by atoms with Gasteiger partial charge in [0.25, 0.3) is 0 Å². The second kappa shape index (κ2) is 5.34. The van der Waals surface area contributed by atoms with Crippen LogP contribution in [-0.2, 0) is 17.8 Å². The molecule has 2 aromatic rings. The van der Waals surface area contributed by atoms with Gasteiger partial charge >= 0.3 is 0 Å². The first-order valence-electron chi connectivity index (χ1n) is 6.10. The maximum atomic E-state index is 5.73. The first-order chi connectivity index (χ1) is 8.22. The maximum absolute atomic E-state index is 5.73. The summed E-state index contributed by atoms with van der Waals surface area (Å²) in [5, 5.41) is 1.25. The van der Waals surface area contributed by atoms with Crippen molar-refractivity contribution in [1.29, 1.82) is 0 Å². The number of hydrogen-bond acceptors (Lipinski definition) is 2. The summed E-state index contributed by atoms with van der Waals surface area (Å²) in [6.45, 7) is 6.33. The van der Waals surface area contributed by atoms with Gasteiger partial charge in [0.05, 0.1) is 12.7 Å². The molecule has 2 N–H and O–H groups in total. The van der Waals surface area contributed by atoms with Crippen LogP contribution in [0.25, 0.3) is 10.9 Å². The molecule has 3 heteroatoms. The lowest BCUT2D eigenvalue weighted by Crippen LogP contribution is -2.09. The second-order valence-corrected chi connectivity index (χ2v) is 4.48. The van der Waals surface area contributed by atoms with E-state index in [1.807, 2.05) is 0 Å². The van der Waals surface area contributed by atoms with Crippen LogP contribution in [0.15, 0.2) is 30.5 Å². The minimum atomic E-state index is 0.288. The summed E-state index contributed by atoms with van der Waals surface area (Å²) in [7, 11) is 0. The normalized spacial score (nSPS) is 11.5. The van der Waals surface area contributed by atoms with Crippen molar-refractivity contribution in [3.05, 3.63) is 36.0 Å².